The van der Waals surface area contributed by atoms with Crippen LogP contribution in [0, 0.1) is 11.3 Å². The van der Waals surface area contributed by atoms with E-state index in [1.807, 2.05) is 24.3 Å². The number of rotatable bonds is 7. The third-order valence-electron chi connectivity index (χ3n) is 2.68. The predicted molar refractivity (Wildman–Crippen MR) is 66.4 cm³/mol. The Labute approximate surface area is 106 Å². The summed E-state index contributed by atoms with van der Waals surface area (Å²) < 4.78 is 10.7. The number of furan rings is 2. The van der Waals surface area contributed by atoms with E-state index < -0.39 is 0 Å². The molecule has 2 rings (SSSR count). The number of unbranched alkanes of at least 4 members (excludes halogenated alkanes) is 1. The average molecular weight is 244 g/mol. The van der Waals surface area contributed by atoms with Crippen LogP contribution in [-0.4, -0.2) is 11.4 Å². The van der Waals surface area contributed by atoms with E-state index in [0.29, 0.717) is 6.42 Å². The lowest BCUT2D eigenvalue weighted by molar-refractivity contribution is 0.216. The van der Waals surface area contributed by atoms with E-state index in [0.717, 1.165) is 37.6 Å². The summed E-state index contributed by atoms with van der Waals surface area (Å²) in [5, 5.41) is 8.59. The molecular weight excluding hydrogens is 228 g/mol. The zero-order chi connectivity index (χ0) is 12.6. The Kier molecular flexibility index (Phi) is 4.62. The smallest absolute Gasteiger partial charge is 0.117 e. The van der Waals surface area contributed by atoms with Crippen molar-refractivity contribution in [3.05, 3.63) is 48.3 Å². The summed E-state index contributed by atoms with van der Waals surface area (Å²) in [7, 11) is 0. The maximum absolute atomic E-state index is 8.59. The highest BCUT2D eigenvalue weighted by atomic mass is 16.3. The summed E-state index contributed by atoms with van der Waals surface area (Å²) in [5.41, 5.74) is 0. The van der Waals surface area contributed by atoms with E-state index >= 15 is 0 Å². The zero-order valence-electron chi connectivity index (χ0n) is 10.2. The molecule has 0 radical (unpaired) electrons. The Morgan fingerprint density at radius 2 is 1.67 bits per heavy atom. The van der Waals surface area contributed by atoms with E-state index in [4.69, 9.17) is 14.1 Å². The third kappa shape index (κ3) is 3.79. The summed E-state index contributed by atoms with van der Waals surface area (Å²) in [4.78, 5) is 2.22. The van der Waals surface area contributed by atoms with Crippen molar-refractivity contribution >= 4 is 0 Å². The van der Waals surface area contributed by atoms with Crippen LogP contribution in [0.15, 0.2) is 45.6 Å². The van der Waals surface area contributed by atoms with Gasteiger partial charge in [0.2, 0.25) is 0 Å². The van der Waals surface area contributed by atoms with Crippen LogP contribution in [-0.2, 0) is 13.1 Å². The Morgan fingerprint density at radius 1 is 1.06 bits per heavy atom. The SMILES string of the molecule is N#CCCCN(Cc1ccco1)Cc1ccco1. The van der Waals surface area contributed by atoms with Crippen molar-refractivity contribution < 1.29 is 8.83 Å². The maximum atomic E-state index is 8.59. The zero-order valence-corrected chi connectivity index (χ0v) is 10.2. The minimum Gasteiger partial charge on any atom is -0.468 e. The Hall–Kier alpha value is -1.99. The molecule has 0 saturated heterocycles. The minimum atomic E-state index is 0.576. The van der Waals surface area contributed by atoms with Crippen LogP contribution in [0.5, 0.6) is 0 Å². The van der Waals surface area contributed by atoms with Crippen molar-refractivity contribution in [2.24, 2.45) is 0 Å². The lowest BCUT2D eigenvalue weighted by atomic mass is 10.2. The van der Waals surface area contributed by atoms with Crippen molar-refractivity contribution in [2.75, 3.05) is 6.54 Å². The monoisotopic (exact) mass is 244 g/mol. The number of hydrogen-bond donors (Lipinski definition) is 0. The van der Waals surface area contributed by atoms with Crippen molar-refractivity contribution in [3.63, 3.8) is 0 Å². The van der Waals surface area contributed by atoms with Gasteiger partial charge in [0.05, 0.1) is 31.7 Å². The predicted octanol–water partition coefficient (Wildman–Crippen LogP) is 3.18. The van der Waals surface area contributed by atoms with E-state index in [-0.39, 0.29) is 0 Å². The summed E-state index contributed by atoms with van der Waals surface area (Å²) >= 11 is 0. The molecule has 2 heterocycles. The molecule has 0 aliphatic rings. The van der Waals surface area contributed by atoms with Crippen molar-refractivity contribution in [3.8, 4) is 6.07 Å². The van der Waals surface area contributed by atoms with Crippen LogP contribution in [0.4, 0.5) is 0 Å². The van der Waals surface area contributed by atoms with Gasteiger partial charge in [-0.15, -0.1) is 0 Å². The number of nitrogens with zero attached hydrogens (tertiary/aromatic N) is 2. The van der Waals surface area contributed by atoms with Gasteiger partial charge < -0.3 is 8.83 Å². The van der Waals surface area contributed by atoms with E-state index in [1.54, 1.807) is 12.5 Å². The fourth-order valence-corrected chi connectivity index (χ4v) is 1.84. The fourth-order valence-electron chi connectivity index (χ4n) is 1.84. The van der Waals surface area contributed by atoms with Crippen LogP contribution in [0.2, 0.25) is 0 Å². The fraction of sp³-hybridized carbons (Fsp3) is 0.357. The number of hydrogen-bond acceptors (Lipinski definition) is 4. The Bertz CT molecular complexity index is 432. The van der Waals surface area contributed by atoms with Crippen molar-refractivity contribution in [2.45, 2.75) is 25.9 Å². The van der Waals surface area contributed by atoms with Gasteiger partial charge in [-0.1, -0.05) is 0 Å². The molecule has 2 aromatic rings. The van der Waals surface area contributed by atoms with Gasteiger partial charge in [0.15, 0.2) is 0 Å². The Balaban J connectivity index is 1.91. The normalized spacial score (nSPS) is 10.7. The minimum absolute atomic E-state index is 0.576. The largest absolute Gasteiger partial charge is 0.468 e. The van der Waals surface area contributed by atoms with Gasteiger partial charge in [0.25, 0.3) is 0 Å². The molecule has 18 heavy (non-hydrogen) atoms. The second-order valence-corrected chi connectivity index (χ2v) is 4.13. The van der Waals surface area contributed by atoms with Gasteiger partial charge >= 0.3 is 0 Å². The molecule has 0 aromatic carbocycles. The average Bonchev–Trinajstić information content (AvgIpc) is 3.02. The van der Waals surface area contributed by atoms with E-state index in [2.05, 4.69) is 11.0 Å². The van der Waals surface area contributed by atoms with Gasteiger partial charge in [-0.3, -0.25) is 4.90 Å². The quantitative estimate of drug-likeness (QED) is 0.702. The third-order valence-corrected chi connectivity index (χ3v) is 2.68. The molecule has 0 saturated carbocycles. The van der Waals surface area contributed by atoms with Crippen LogP contribution < -0.4 is 0 Å². The van der Waals surface area contributed by atoms with Crippen LogP contribution in [0.25, 0.3) is 0 Å². The molecule has 0 N–H and O–H groups in total. The second-order valence-electron chi connectivity index (χ2n) is 4.13. The highest BCUT2D eigenvalue weighted by molar-refractivity contribution is 5.01. The first kappa shape index (κ1) is 12.5. The highest BCUT2D eigenvalue weighted by Crippen LogP contribution is 2.11. The van der Waals surface area contributed by atoms with Crippen LogP contribution in [0.1, 0.15) is 24.4 Å². The van der Waals surface area contributed by atoms with Crippen LogP contribution >= 0.6 is 0 Å². The highest BCUT2D eigenvalue weighted by Gasteiger charge is 2.10. The summed E-state index contributed by atoms with van der Waals surface area (Å²) in [6.45, 7) is 2.33. The molecular formula is C14H16N2O2. The molecule has 0 spiro atoms. The molecule has 0 bridgehead atoms. The van der Waals surface area contributed by atoms with E-state index in [1.165, 1.54) is 0 Å². The molecule has 0 fully saturated rings. The first-order valence-electron chi connectivity index (χ1n) is 6.02. The topological polar surface area (TPSA) is 53.3 Å². The first-order chi connectivity index (χ1) is 8.88. The molecule has 0 aliphatic carbocycles. The van der Waals surface area contributed by atoms with Gasteiger partial charge in [-0.2, -0.15) is 5.26 Å². The Morgan fingerprint density at radius 3 is 2.11 bits per heavy atom. The maximum Gasteiger partial charge on any atom is 0.117 e. The first-order valence-corrected chi connectivity index (χ1v) is 6.02. The molecule has 4 nitrogen and oxygen atoms in total. The molecule has 0 unspecified atom stereocenters. The molecule has 0 atom stereocenters. The molecule has 4 heteroatoms. The second kappa shape index (κ2) is 6.67. The lowest BCUT2D eigenvalue weighted by Crippen LogP contribution is -2.23. The molecule has 94 valence electrons. The summed E-state index contributed by atoms with van der Waals surface area (Å²) in [6.07, 6.45) is 4.79. The van der Waals surface area contributed by atoms with Gasteiger partial charge in [0.1, 0.15) is 11.5 Å². The van der Waals surface area contributed by atoms with Gasteiger partial charge in [0, 0.05) is 13.0 Å². The van der Waals surface area contributed by atoms with Crippen molar-refractivity contribution in [1.29, 1.82) is 5.26 Å². The van der Waals surface area contributed by atoms with Crippen molar-refractivity contribution in [1.82, 2.24) is 4.90 Å². The molecule has 0 aliphatic heterocycles. The number of nitriles is 1. The standard InChI is InChI=1S/C14H16N2O2/c15-7-1-2-8-16(11-13-5-3-9-17-13)12-14-6-4-10-18-14/h3-6,9-10H,1-2,8,11-12H2. The summed E-state index contributed by atoms with van der Waals surface area (Å²) in [6, 6.07) is 9.85. The molecule has 0 amide bonds. The molecule has 2 aromatic heterocycles. The van der Waals surface area contributed by atoms with Gasteiger partial charge in [-0.25, -0.2) is 0 Å². The summed E-state index contributed by atoms with van der Waals surface area (Å²) in [5.74, 6) is 1.86. The van der Waals surface area contributed by atoms with Gasteiger partial charge in [-0.05, 0) is 30.7 Å². The van der Waals surface area contributed by atoms with Crippen LogP contribution in [0.3, 0.4) is 0 Å². The van der Waals surface area contributed by atoms with E-state index in [9.17, 15) is 0 Å². The lowest BCUT2D eigenvalue weighted by Gasteiger charge is -2.19.